The first-order valence-corrected chi connectivity index (χ1v) is 10.6. The quantitative estimate of drug-likeness (QED) is 0.383. The number of aryl methyl sites for hydroxylation is 1. The Morgan fingerprint density at radius 3 is 2.64 bits per heavy atom. The standard InChI is InChI=1S/C24H22ClN5O3/c1-15-19(21(25)30(29-15)14-16-7-4-3-5-8-16)11-12-20(31)26-18-10-6-9-17(13-18)24(2)22(32)27-23(33)28-24/h3-13H,14H2,1-2H3,(H,26,31)(H2,27,28,32,33)/b12-11+. The first-order chi connectivity index (χ1) is 15.8. The number of carbonyl (C=O) groups excluding carboxylic acids is 3. The van der Waals surface area contributed by atoms with Gasteiger partial charge < -0.3 is 10.6 Å². The van der Waals surface area contributed by atoms with Crippen molar-refractivity contribution in [3.8, 4) is 0 Å². The summed E-state index contributed by atoms with van der Waals surface area (Å²) in [6, 6.07) is 16.0. The van der Waals surface area contributed by atoms with Gasteiger partial charge in [0.1, 0.15) is 10.7 Å². The van der Waals surface area contributed by atoms with Crippen molar-refractivity contribution in [2.75, 3.05) is 5.32 Å². The Labute approximate surface area is 195 Å². The number of benzene rings is 2. The molecule has 2 heterocycles. The van der Waals surface area contributed by atoms with Crippen LogP contribution >= 0.6 is 11.6 Å². The lowest BCUT2D eigenvalue weighted by atomic mass is 9.92. The van der Waals surface area contributed by atoms with E-state index in [1.165, 1.54) is 6.08 Å². The molecule has 4 rings (SSSR count). The van der Waals surface area contributed by atoms with Crippen molar-refractivity contribution in [1.29, 1.82) is 0 Å². The van der Waals surface area contributed by atoms with E-state index in [4.69, 9.17) is 11.6 Å². The largest absolute Gasteiger partial charge is 0.323 e. The van der Waals surface area contributed by atoms with Crippen molar-refractivity contribution in [3.63, 3.8) is 0 Å². The fraction of sp³-hybridized carbons (Fsp3) is 0.167. The van der Waals surface area contributed by atoms with Crippen LogP contribution in [0.4, 0.5) is 10.5 Å². The van der Waals surface area contributed by atoms with E-state index in [0.717, 1.165) is 5.56 Å². The molecular weight excluding hydrogens is 442 g/mol. The molecular formula is C24H22ClN5O3. The van der Waals surface area contributed by atoms with Crippen LogP contribution in [-0.2, 0) is 21.7 Å². The molecule has 0 radical (unpaired) electrons. The Morgan fingerprint density at radius 1 is 1.18 bits per heavy atom. The Hall–Kier alpha value is -3.91. The molecule has 1 atom stereocenters. The van der Waals surface area contributed by atoms with Crippen LogP contribution in [0, 0.1) is 6.92 Å². The number of anilines is 1. The van der Waals surface area contributed by atoms with Gasteiger partial charge in [-0.05, 0) is 43.2 Å². The minimum absolute atomic E-state index is 0.372. The Balaban J connectivity index is 1.47. The molecule has 3 aromatic rings. The number of hydrogen-bond acceptors (Lipinski definition) is 4. The second kappa shape index (κ2) is 8.91. The summed E-state index contributed by atoms with van der Waals surface area (Å²) in [6.45, 7) is 3.96. The molecule has 0 aliphatic carbocycles. The smallest absolute Gasteiger partial charge is 0.322 e. The van der Waals surface area contributed by atoms with Gasteiger partial charge in [-0.15, -0.1) is 0 Å². The molecule has 1 fully saturated rings. The third-order valence-corrected chi connectivity index (χ3v) is 5.84. The van der Waals surface area contributed by atoms with E-state index in [-0.39, 0.29) is 5.91 Å². The summed E-state index contributed by atoms with van der Waals surface area (Å²) in [5.41, 5.74) is 2.27. The van der Waals surface area contributed by atoms with Gasteiger partial charge in [-0.25, -0.2) is 9.48 Å². The first kappa shape index (κ1) is 22.3. The van der Waals surface area contributed by atoms with Gasteiger partial charge in [0.05, 0.1) is 12.2 Å². The molecule has 1 saturated heterocycles. The minimum Gasteiger partial charge on any atom is -0.323 e. The fourth-order valence-corrected chi connectivity index (χ4v) is 3.91. The number of nitrogens with one attached hydrogen (secondary N) is 3. The lowest BCUT2D eigenvalue weighted by Crippen LogP contribution is -2.40. The first-order valence-electron chi connectivity index (χ1n) is 10.3. The maximum absolute atomic E-state index is 12.5. The minimum atomic E-state index is -1.20. The molecule has 1 unspecified atom stereocenters. The summed E-state index contributed by atoms with van der Waals surface area (Å²) in [5, 5.41) is 12.5. The van der Waals surface area contributed by atoms with Crippen LogP contribution in [0.25, 0.3) is 6.08 Å². The van der Waals surface area contributed by atoms with E-state index in [9.17, 15) is 14.4 Å². The molecule has 1 aliphatic heterocycles. The van der Waals surface area contributed by atoms with Gasteiger partial charge in [-0.1, -0.05) is 54.1 Å². The van der Waals surface area contributed by atoms with E-state index in [1.807, 2.05) is 37.3 Å². The van der Waals surface area contributed by atoms with Crippen molar-refractivity contribution >= 4 is 41.2 Å². The molecule has 0 bridgehead atoms. The molecule has 0 spiro atoms. The Kier molecular flexibility index (Phi) is 6.02. The fourth-order valence-electron chi connectivity index (χ4n) is 3.61. The molecule has 168 valence electrons. The molecule has 0 saturated carbocycles. The molecule has 2 aromatic carbocycles. The summed E-state index contributed by atoms with van der Waals surface area (Å²) in [5.74, 6) is -0.822. The molecule has 9 heteroatoms. The molecule has 4 amide bonds. The molecule has 1 aromatic heterocycles. The average molecular weight is 464 g/mol. The predicted molar refractivity (Wildman–Crippen MR) is 126 cm³/mol. The summed E-state index contributed by atoms with van der Waals surface area (Å²) < 4.78 is 1.69. The zero-order valence-electron chi connectivity index (χ0n) is 18.1. The topological polar surface area (TPSA) is 105 Å². The zero-order chi connectivity index (χ0) is 23.6. The number of imide groups is 1. The normalized spacial score (nSPS) is 17.8. The summed E-state index contributed by atoms with van der Waals surface area (Å²) in [6.07, 6.45) is 3.00. The highest BCUT2D eigenvalue weighted by Gasteiger charge is 2.43. The van der Waals surface area contributed by atoms with Gasteiger partial charge >= 0.3 is 6.03 Å². The number of rotatable bonds is 6. The third-order valence-electron chi connectivity index (χ3n) is 5.44. The van der Waals surface area contributed by atoms with Crippen molar-refractivity contribution in [2.45, 2.75) is 25.9 Å². The second-order valence-electron chi connectivity index (χ2n) is 7.87. The number of hydrogen-bond donors (Lipinski definition) is 3. The number of urea groups is 1. The lowest BCUT2D eigenvalue weighted by Gasteiger charge is -2.21. The van der Waals surface area contributed by atoms with E-state index < -0.39 is 17.5 Å². The van der Waals surface area contributed by atoms with Crippen molar-refractivity contribution < 1.29 is 14.4 Å². The van der Waals surface area contributed by atoms with Crippen molar-refractivity contribution in [2.24, 2.45) is 0 Å². The van der Waals surface area contributed by atoms with Crippen LogP contribution in [0.2, 0.25) is 5.15 Å². The van der Waals surface area contributed by atoms with Crippen molar-refractivity contribution in [3.05, 3.63) is 88.2 Å². The number of amides is 4. The number of nitrogens with zero attached hydrogens (tertiary/aromatic N) is 2. The van der Waals surface area contributed by atoms with Crippen LogP contribution in [0.1, 0.15) is 29.3 Å². The Morgan fingerprint density at radius 2 is 1.94 bits per heavy atom. The van der Waals surface area contributed by atoms with Gasteiger partial charge in [-0.2, -0.15) is 5.10 Å². The highest BCUT2D eigenvalue weighted by atomic mass is 35.5. The SMILES string of the molecule is Cc1nn(Cc2ccccc2)c(Cl)c1/C=C/C(=O)Nc1cccc(C2(C)NC(=O)NC2=O)c1. The van der Waals surface area contributed by atoms with Crippen LogP contribution < -0.4 is 16.0 Å². The van der Waals surface area contributed by atoms with E-state index >= 15 is 0 Å². The number of halogens is 1. The molecule has 3 N–H and O–H groups in total. The summed E-state index contributed by atoms with van der Waals surface area (Å²) in [4.78, 5) is 36.2. The van der Waals surface area contributed by atoms with Crippen LogP contribution in [0.15, 0.2) is 60.7 Å². The average Bonchev–Trinajstić information content (AvgIpc) is 3.21. The maximum Gasteiger partial charge on any atom is 0.322 e. The molecule has 8 nitrogen and oxygen atoms in total. The predicted octanol–water partition coefficient (Wildman–Crippen LogP) is 3.60. The Bertz CT molecular complexity index is 1270. The lowest BCUT2D eigenvalue weighted by molar-refractivity contribution is -0.123. The van der Waals surface area contributed by atoms with Gasteiger partial charge in [0, 0.05) is 17.3 Å². The summed E-state index contributed by atoms with van der Waals surface area (Å²) in [7, 11) is 0. The van der Waals surface area contributed by atoms with Gasteiger partial charge in [0.15, 0.2) is 0 Å². The third kappa shape index (κ3) is 4.65. The van der Waals surface area contributed by atoms with Gasteiger partial charge in [-0.3, -0.25) is 14.9 Å². The second-order valence-corrected chi connectivity index (χ2v) is 8.23. The number of aromatic nitrogens is 2. The monoisotopic (exact) mass is 463 g/mol. The van der Waals surface area contributed by atoms with E-state index in [0.29, 0.717) is 34.2 Å². The highest BCUT2D eigenvalue weighted by molar-refractivity contribution is 6.31. The molecule has 1 aliphatic rings. The van der Waals surface area contributed by atoms with Gasteiger partial charge in [0.2, 0.25) is 5.91 Å². The van der Waals surface area contributed by atoms with Gasteiger partial charge in [0.25, 0.3) is 5.91 Å². The number of carbonyl (C=O) groups is 3. The summed E-state index contributed by atoms with van der Waals surface area (Å²) >= 11 is 6.50. The molecule has 33 heavy (non-hydrogen) atoms. The van der Waals surface area contributed by atoms with Crippen LogP contribution in [0.3, 0.4) is 0 Å². The highest BCUT2D eigenvalue weighted by Crippen LogP contribution is 2.27. The maximum atomic E-state index is 12.5. The van der Waals surface area contributed by atoms with Crippen molar-refractivity contribution in [1.82, 2.24) is 20.4 Å². The van der Waals surface area contributed by atoms with E-state index in [1.54, 1.807) is 41.9 Å². The van der Waals surface area contributed by atoms with E-state index in [2.05, 4.69) is 21.0 Å². The van der Waals surface area contributed by atoms with Crippen LogP contribution in [-0.4, -0.2) is 27.6 Å². The zero-order valence-corrected chi connectivity index (χ0v) is 18.8. The van der Waals surface area contributed by atoms with Crippen LogP contribution in [0.5, 0.6) is 0 Å².